The van der Waals surface area contributed by atoms with E-state index < -0.39 is 0 Å². The topological polar surface area (TPSA) is 45.2 Å². The number of halogens is 1. The lowest BCUT2D eigenvalue weighted by atomic mass is 9.99. The highest BCUT2D eigenvalue weighted by Gasteiger charge is 2.30. The molecule has 1 N–H and O–H groups in total. The zero-order valence-corrected chi connectivity index (χ0v) is 15.6. The van der Waals surface area contributed by atoms with E-state index in [2.05, 4.69) is 10.3 Å². The summed E-state index contributed by atoms with van der Waals surface area (Å²) in [6, 6.07) is 8.62. The molecule has 1 fully saturated rings. The van der Waals surface area contributed by atoms with Crippen molar-refractivity contribution in [3.05, 3.63) is 59.0 Å². The SMILES string of the molecule is Cc1cccnc1N(C(=O)c1ccc(C(C)C)c(F)c1)C1CCCNC1. The number of rotatable bonds is 4. The van der Waals surface area contributed by atoms with Crippen LogP contribution in [-0.2, 0) is 0 Å². The van der Waals surface area contributed by atoms with Crippen LogP contribution >= 0.6 is 0 Å². The number of anilines is 1. The van der Waals surface area contributed by atoms with Gasteiger partial charge in [-0.15, -0.1) is 0 Å². The Labute approximate surface area is 154 Å². The predicted molar refractivity (Wildman–Crippen MR) is 102 cm³/mol. The van der Waals surface area contributed by atoms with Crippen LogP contribution in [-0.4, -0.2) is 30.0 Å². The lowest BCUT2D eigenvalue weighted by molar-refractivity contribution is 0.0970. The van der Waals surface area contributed by atoms with Crippen LogP contribution in [0.5, 0.6) is 0 Å². The Bertz CT molecular complexity index is 785. The first-order valence-electron chi connectivity index (χ1n) is 9.24. The molecule has 2 aromatic rings. The summed E-state index contributed by atoms with van der Waals surface area (Å²) in [4.78, 5) is 19.5. The molecule has 1 aromatic carbocycles. The molecule has 2 heterocycles. The number of nitrogens with one attached hydrogen (secondary N) is 1. The van der Waals surface area contributed by atoms with Crippen molar-refractivity contribution in [2.24, 2.45) is 0 Å². The minimum Gasteiger partial charge on any atom is -0.315 e. The number of hydrogen-bond acceptors (Lipinski definition) is 3. The molecule has 0 radical (unpaired) electrons. The summed E-state index contributed by atoms with van der Waals surface area (Å²) in [6.45, 7) is 7.50. The van der Waals surface area contributed by atoms with Gasteiger partial charge in [-0.05, 0) is 61.6 Å². The highest BCUT2D eigenvalue weighted by atomic mass is 19.1. The highest BCUT2D eigenvalue weighted by molar-refractivity contribution is 6.06. The van der Waals surface area contributed by atoms with E-state index >= 15 is 0 Å². The number of carbonyl (C=O) groups is 1. The van der Waals surface area contributed by atoms with Gasteiger partial charge in [0.15, 0.2) is 0 Å². The van der Waals surface area contributed by atoms with Crippen molar-refractivity contribution in [3.8, 4) is 0 Å². The molecule has 26 heavy (non-hydrogen) atoms. The summed E-state index contributed by atoms with van der Waals surface area (Å²) in [5, 5.41) is 3.35. The fourth-order valence-electron chi connectivity index (χ4n) is 3.49. The Morgan fingerprint density at radius 2 is 2.15 bits per heavy atom. The first-order valence-corrected chi connectivity index (χ1v) is 9.24. The van der Waals surface area contributed by atoms with E-state index in [1.165, 1.54) is 6.07 Å². The van der Waals surface area contributed by atoms with Gasteiger partial charge in [0.2, 0.25) is 0 Å². The van der Waals surface area contributed by atoms with Crippen LogP contribution in [0, 0.1) is 12.7 Å². The van der Waals surface area contributed by atoms with Gasteiger partial charge in [0.05, 0.1) is 6.04 Å². The van der Waals surface area contributed by atoms with Crippen molar-refractivity contribution in [3.63, 3.8) is 0 Å². The number of carbonyl (C=O) groups excluding carboxylic acids is 1. The first kappa shape index (κ1) is 18.5. The van der Waals surface area contributed by atoms with Gasteiger partial charge in [-0.2, -0.15) is 0 Å². The molecular weight excluding hydrogens is 329 g/mol. The minimum absolute atomic E-state index is 0.0117. The van der Waals surface area contributed by atoms with Crippen LogP contribution in [0.3, 0.4) is 0 Å². The fraction of sp³-hybridized carbons (Fsp3) is 0.429. The molecule has 0 bridgehead atoms. The molecule has 5 heteroatoms. The van der Waals surface area contributed by atoms with Crippen LogP contribution in [0.4, 0.5) is 10.2 Å². The number of amides is 1. The van der Waals surface area contributed by atoms with E-state index in [9.17, 15) is 9.18 Å². The Morgan fingerprint density at radius 1 is 1.35 bits per heavy atom. The average Bonchev–Trinajstić information content (AvgIpc) is 2.64. The van der Waals surface area contributed by atoms with Crippen molar-refractivity contribution < 1.29 is 9.18 Å². The molecule has 1 amide bonds. The van der Waals surface area contributed by atoms with E-state index in [1.54, 1.807) is 23.2 Å². The molecule has 1 aliphatic rings. The lowest BCUT2D eigenvalue weighted by Crippen LogP contribution is -2.49. The third-order valence-corrected chi connectivity index (χ3v) is 4.93. The molecule has 1 unspecified atom stereocenters. The van der Waals surface area contributed by atoms with E-state index in [-0.39, 0.29) is 23.7 Å². The van der Waals surface area contributed by atoms with Gasteiger partial charge < -0.3 is 5.32 Å². The normalized spacial score (nSPS) is 17.3. The molecule has 1 aliphatic heterocycles. The Balaban J connectivity index is 2.00. The largest absolute Gasteiger partial charge is 0.315 e. The maximum absolute atomic E-state index is 14.4. The van der Waals surface area contributed by atoms with E-state index in [1.807, 2.05) is 32.9 Å². The summed E-state index contributed by atoms with van der Waals surface area (Å²) < 4.78 is 14.4. The van der Waals surface area contributed by atoms with Crippen LogP contribution in [0.25, 0.3) is 0 Å². The number of nitrogens with zero attached hydrogens (tertiary/aromatic N) is 2. The minimum atomic E-state index is -0.328. The van der Waals surface area contributed by atoms with Crippen LogP contribution < -0.4 is 10.2 Å². The number of aryl methyl sites for hydroxylation is 1. The zero-order valence-electron chi connectivity index (χ0n) is 15.6. The monoisotopic (exact) mass is 355 g/mol. The van der Waals surface area contributed by atoms with E-state index in [0.29, 0.717) is 23.5 Å². The molecule has 0 aliphatic carbocycles. The van der Waals surface area contributed by atoms with Gasteiger partial charge in [0.25, 0.3) is 5.91 Å². The molecule has 1 aromatic heterocycles. The van der Waals surface area contributed by atoms with Crippen LogP contribution in [0.1, 0.15) is 54.1 Å². The van der Waals surface area contributed by atoms with Crippen molar-refractivity contribution in [2.45, 2.75) is 45.6 Å². The molecule has 0 spiro atoms. The molecule has 4 nitrogen and oxygen atoms in total. The molecule has 1 saturated heterocycles. The Kier molecular flexibility index (Phi) is 5.67. The van der Waals surface area contributed by atoms with Gasteiger partial charge in [0.1, 0.15) is 11.6 Å². The second kappa shape index (κ2) is 7.96. The number of piperidine rings is 1. The Morgan fingerprint density at radius 3 is 2.77 bits per heavy atom. The van der Waals surface area contributed by atoms with Crippen molar-refractivity contribution in [2.75, 3.05) is 18.0 Å². The third-order valence-electron chi connectivity index (χ3n) is 4.93. The smallest absolute Gasteiger partial charge is 0.259 e. The van der Waals surface area contributed by atoms with Crippen LogP contribution in [0.15, 0.2) is 36.5 Å². The fourth-order valence-corrected chi connectivity index (χ4v) is 3.49. The zero-order chi connectivity index (χ0) is 18.7. The predicted octanol–water partition coefficient (Wildman–Crippen LogP) is 4.05. The van der Waals surface area contributed by atoms with Crippen LogP contribution in [0.2, 0.25) is 0 Å². The first-order chi connectivity index (χ1) is 12.5. The maximum Gasteiger partial charge on any atom is 0.259 e. The van der Waals surface area contributed by atoms with E-state index in [4.69, 9.17) is 0 Å². The number of hydrogen-bond donors (Lipinski definition) is 1. The summed E-state index contributed by atoms with van der Waals surface area (Å²) in [6.07, 6.45) is 3.60. The van der Waals surface area contributed by atoms with Gasteiger partial charge in [0, 0.05) is 18.3 Å². The van der Waals surface area contributed by atoms with Crippen molar-refractivity contribution >= 4 is 11.7 Å². The van der Waals surface area contributed by atoms with Crippen molar-refractivity contribution in [1.82, 2.24) is 10.3 Å². The standard InChI is InChI=1S/C21H26FN3O/c1-14(2)18-9-8-16(12-19(18)22)21(26)25(17-7-5-10-23-13-17)20-15(3)6-4-11-24-20/h4,6,8-9,11-12,14,17,23H,5,7,10,13H2,1-3H3. The number of pyridine rings is 1. The molecule has 0 saturated carbocycles. The summed E-state index contributed by atoms with van der Waals surface area (Å²) in [5.41, 5.74) is 1.93. The Hall–Kier alpha value is -2.27. The number of benzene rings is 1. The molecule has 1 atom stereocenters. The second-order valence-corrected chi connectivity index (χ2v) is 7.21. The van der Waals surface area contributed by atoms with Gasteiger partial charge in [-0.3, -0.25) is 9.69 Å². The lowest BCUT2D eigenvalue weighted by Gasteiger charge is -2.34. The summed E-state index contributed by atoms with van der Waals surface area (Å²) in [7, 11) is 0. The summed E-state index contributed by atoms with van der Waals surface area (Å²) >= 11 is 0. The second-order valence-electron chi connectivity index (χ2n) is 7.21. The maximum atomic E-state index is 14.4. The average molecular weight is 355 g/mol. The molecular formula is C21H26FN3O. The van der Waals surface area contributed by atoms with Crippen molar-refractivity contribution in [1.29, 1.82) is 0 Å². The van der Waals surface area contributed by atoms with Gasteiger partial charge in [-0.1, -0.05) is 26.0 Å². The quantitative estimate of drug-likeness (QED) is 0.900. The van der Waals surface area contributed by atoms with Gasteiger partial charge >= 0.3 is 0 Å². The van der Waals surface area contributed by atoms with Gasteiger partial charge in [-0.25, -0.2) is 9.37 Å². The van der Waals surface area contributed by atoms with E-state index in [0.717, 1.165) is 24.9 Å². The molecule has 3 rings (SSSR count). The summed E-state index contributed by atoms with van der Waals surface area (Å²) in [5.74, 6) is 0.204. The molecule has 138 valence electrons. The third kappa shape index (κ3) is 3.78. The highest BCUT2D eigenvalue weighted by Crippen LogP contribution is 2.26. The number of aromatic nitrogens is 1.